The van der Waals surface area contributed by atoms with Crippen LogP contribution in [0.2, 0.25) is 10.0 Å². The second kappa shape index (κ2) is 8.09. The zero-order chi connectivity index (χ0) is 16.8. The Labute approximate surface area is 145 Å². The smallest absolute Gasteiger partial charge is 0.255 e. The molecule has 0 bridgehead atoms. The number of benzene rings is 2. The van der Waals surface area contributed by atoms with Gasteiger partial charge in [-0.15, -0.1) is 0 Å². The zero-order valence-corrected chi connectivity index (χ0v) is 14.4. The molecule has 0 saturated carbocycles. The molecule has 4 nitrogen and oxygen atoms in total. The van der Waals surface area contributed by atoms with Gasteiger partial charge in [0.05, 0.1) is 18.2 Å². The maximum Gasteiger partial charge on any atom is 0.255 e. The molecule has 2 rings (SSSR count). The van der Waals surface area contributed by atoms with E-state index in [-0.39, 0.29) is 5.91 Å². The Morgan fingerprint density at radius 2 is 1.70 bits per heavy atom. The van der Waals surface area contributed by atoms with Crippen LogP contribution in [0.4, 0.5) is 5.69 Å². The molecule has 0 aromatic heterocycles. The Bertz CT molecular complexity index is 687. The van der Waals surface area contributed by atoms with Gasteiger partial charge in [0, 0.05) is 16.3 Å². The van der Waals surface area contributed by atoms with E-state index in [9.17, 15) is 4.79 Å². The molecule has 0 atom stereocenters. The van der Waals surface area contributed by atoms with Gasteiger partial charge in [-0.2, -0.15) is 0 Å². The number of carbonyl (C=O) groups excluding carboxylic acids is 1. The van der Waals surface area contributed by atoms with Crippen molar-refractivity contribution in [2.45, 2.75) is 13.8 Å². The third-order valence-corrected chi connectivity index (χ3v) is 3.50. The van der Waals surface area contributed by atoms with E-state index in [1.165, 1.54) is 0 Å². The molecule has 1 N–H and O–H groups in total. The average molecular weight is 354 g/mol. The number of hydrogen-bond donors (Lipinski definition) is 1. The first-order chi connectivity index (χ1) is 11.0. The number of rotatable bonds is 6. The van der Waals surface area contributed by atoms with E-state index in [2.05, 4.69) is 5.32 Å². The quantitative estimate of drug-likeness (QED) is 0.790. The normalized spacial score (nSPS) is 10.3. The molecule has 23 heavy (non-hydrogen) atoms. The standard InChI is InChI=1S/C17H17Cl2NO3/c1-3-22-15-10-11(9-14(19)16(15)23-4-2)17(21)20-13-7-5-12(18)6-8-13/h5-10H,3-4H2,1-2H3,(H,20,21). The summed E-state index contributed by atoms with van der Waals surface area (Å²) in [6.07, 6.45) is 0. The summed E-state index contributed by atoms with van der Waals surface area (Å²) in [4.78, 5) is 12.4. The molecule has 1 amide bonds. The van der Waals surface area contributed by atoms with Crippen molar-refractivity contribution in [2.75, 3.05) is 18.5 Å². The van der Waals surface area contributed by atoms with Gasteiger partial charge in [0.2, 0.25) is 0 Å². The van der Waals surface area contributed by atoms with Crippen LogP contribution in [0.3, 0.4) is 0 Å². The second-order valence-corrected chi connectivity index (χ2v) is 5.46. The summed E-state index contributed by atoms with van der Waals surface area (Å²) in [7, 11) is 0. The number of nitrogens with one attached hydrogen (secondary N) is 1. The third kappa shape index (κ3) is 4.53. The van der Waals surface area contributed by atoms with Gasteiger partial charge in [0.15, 0.2) is 11.5 Å². The van der Waals surface area contributed by atoms with Crippen molar-refractivity contribution in [1.29, 1.82) is 0 Å². The fourth-order valence-electron chi connectivity index (χ4n) is 1.98. The van der Waals surface area contributed by atoms with E-state index < -0.39 is 0 Å². The maximum atomic E-state index is 12.4. The van der Waals surface area contributed by atoms with Crippen molar-refractivity contribution in [3.8, 4) is 11.5 Å². The monoisotopic (exact) mass is 353 g/mol. The number of halogens is 2. The van der Waals surface area contributed by atoms with Crippen LogP contribution in [0.5, 0.6) is 11.5 Å². The molecule has 0 radical (unpaired) electrons. The van der Waals surface area contributed by atoms with Gasteiger partial charge >= 0.3 is 0 Å². The van der Waals surface area contributed by atoms with E-state index in [0.29, 0.717) is 46.0 Å². The minimum absolute atomic E-state index is 0.293. The lowest BCUT2D eigenvalue weighted by Gasteiger charge is -2.14. The van der Waals surface area contributed by atoms with Gasteiger partial charge in [0.25, 0.3) is 5.91 Å². The fraction of sp³-hybridized carbons (Fsp3) is 0.235. The highest BCUT2D eigenvalue weighted by Crippen LogP contribution is 2.36. The van der Waals surface area contributed by atoms with Gasteiger partial charge in [-0.1, -0.05) is 23.2 Å². The topological polar surface area (TPSA) is 47.6 Å². The van der Waals surface area contributed by atoms with Crippen LogP contribution in [0.15, 0.2) is 36.4 Å². The van der Waals surface area contributed by atoms with E-state index in [1.807, 2.05) is 13.8 Å². The van der Waals surface area contributed by atoms with Crippen molar-refractivity contribution in [3.63, 3.8) is 0 Å². The van der Waals surface area contributed by atoms with Crippen molar-refractivity contribution < 1.29 is 14.3 Å². The van der Waals surface area contributed by atoms with Gasteiger partial charge in [-0.05, 0) is 50.2 Å². The van der Waals surface area contributed by atoms with Crippen LogP contribution in [0, 0.1) is 0 Å². The number of amides is 1. The highest BCUT2D eigenvalue weighted by Gasteiger charge is 2.16. The van der Waals surface area contributed by atoms with Crippen LogP contribution in [0.1, 0.15) is 24.2 Å². The molecule has 0 fully saturated rings. The van der Waals surface area contributed by atoms with E-state index in [1.54, 1.807) is 36.4 Å². The Kier molecular flexibility index (Phi) is 6.13. The fourth-order valence-corrected chi connectivity index (χ4v) is 2.37. The summed E-state index contributed by atoms with van der Waals surface area (Å²) in [6.45, 7) is 4.60. The summed E-state index contributed by atoms with van der Waals surface area (Å²) in [6, 6.07) is 10.0. The molecule has 122 valence electrons. The van der Waals surface area contributed by atoms with Gasteiger partial charge in [-0.25, -0.2) is 0 Å². The Morgan fingerprint density at radius 3 is 2.30 bits per heavy atom. The Morgan fingerprint density at radius 1 is 1.04 bits per heavy atom. The molecule has 0 heterocycles. The summed E-state index contributed by atoms with van der Waals surface area (Å²) < 4.78 is 11.0. The molecular formula is C17H17Cl2NO3. The minimum atomic E-state index is -0.293. The number of carbonyl (C=O) groups is 1. The summed E-state index contributed by atoms with van der Waals surface area (Å²) >= 11 is 12.0. The third-order valence-electron chi connectivity index (χ3n) is 2.96. The first kappa shape index (κ1) is 17.4. The van der Waals surface area contributed by atoms with Crippen LogP contribution in [0.25, 0.3) is 0 Å². The molecule has 6 heteroatoms. The number of anilines is 1. The molecule has 0 saturated heterocycles. The lowest BCUT2D eigenvalue weighted by molar-refractivity contribution is 0.102. The van der Waals surface area contributed by atoms with E-state index >= 15 is 0 Å². The lowest BCUT2D eigenvalue weighted by atomic mass is 10.1. The Hall–Kier alpha value is -1.91. The predicted molar refractivity (Wildman–Crippen MR) is 93.2 cm³/mol. The Balaban J connectivity index is 2.27. The SMILES string of the molecule is CCOc1cc(C(=O)Nc2ccc(Cl)cc2)cc(Cl)c1OCC. The average Bonchev–Trinajstić information content (AvgIpc) is 2.53. The van der Waals surface area contributed by atoms with E-state index in [0.717, 1.165) is 0 Å². The molecule has 2 aromatic carbocycles. The van der Waals surface area contributed by atoms with Gasteiger partial charge in [0.1, 0.15) is 0 Å². The van der Waals surface area contributed by atoms with Crippen molar-refractivity contribution in [2.24, 2.45) is 0 Å². The summed E-state index contributed by atoms with van der Waals surface area (Å²) in [5.41, 5.74) is 1.03. The van der Waals surface area contributed by atoms with Gasteiger partial charge in [-0.3, -0.25) is 4.79 Å². The van der Waals surface area contributed by atoms with Crippen LogP contribution in [-0.2, 0) is 0 Å². The molecule has 0 aliphatic carbocycles. The van der Waals surface area contributed by atoms with Crippen LogP contribution < -0.4 is 14.8 Å². The zero-order valence-electron chi connectivity index (χ0n) is 12.9. The van der Waals surface area contributed by atoms with Gasteiger partial charge < -0.3 is 14.8 Å². The highest BCUT2D eigenvalue weighted by atomic mass is 35.5. The highest BCUT2D eigenvalue weighted by molar-refractivity contribution is 6.33. The molecular weight excluding hydrogens is 337 g/mol. The minimum Gasteiger partial charge on any atom is -0.490 e. The number of ether oxygens (including phenoxy) is 2. The van der Waals surface area contributed by atoms with E-state index in [4.69, 9.17) is 32.7 Å². The molecule has 2 aromatic rings. The van der Waals surface area contributed by atoms with Crippen LogP contribution >= 0.6 is 23.2 Å². The summed E-state index contributed by atoms with van der Waals surface area (Å²) in [5, 5.41) is 3.72. The first-order valence-electron chi connectivity index (χ1n) is 7.21. The van der Waals surface area contributed by atoms with Crippen LogP contribution in [-0.4, -0.2) is 19.1 Å². The van der Waals surface area contributed by atoms with Crippen molar-refractivity contribution in [1.82, 2.24) is 0 Å². The molecule has 0 unspecified atom stereocenters. The van der Waals surface area contributed by atoms with Crippen molar-refractivity contribution in [3.05, 3.63) is 52.0 Å². The molecule has 0 aliphatic rings. The molecule has 0 aliphatic heterocycles. The lowest BCUT2D eigenvalue weighted by Crippen LogP contribution is -2.12. The van der Waals surface area contributed by atoms with Crippen molar-refractivity contribution >= 4 is 34.8 Å². The largest absolute Gasteiger partial charge is 0.490 e. The molecule has 0 spiro atoms. The number of hydrogen-bond acceptors (Lipinski definition) is 3. The first-order valence-corrected chi connectivity index (χ1v) is 7.96. The summed E-state index contributed by atoms with van der Waals surface area (Å²) in [5.74, 6) is 0.598. The maximum absolute atomic E-state index is 12.4. The predicted octanol–water partition coefficient (Wildman–Crippen LogP) is 5.04. The second-order valence-electron chi connectivity index (χ2n) is 4.61.